The van der Waals surface area contributed by atoms with Crippen LogP contribution >= 0.6 is 22.7 Å². The smallest absolute Gasteiger partial charge is 0.350 e. The van der Waals surface area contributed by atoms with Crippen molar-refractivity contribution in [1.82, 2.24) is 14.8 Å². The highest BCUT2D eigenvalue weighted by Crippen LogP contribution is 2.31. The van der Waals surface area contributed by atoms with Crippen molar-refractivity contribution in [2.75, 3.05) is 0 Å². The molecule has 0 saturated heterocycles. The van der Waals surface area contributed by atoms with Crippen LogP contribution in [0.3, 0.4) is 0 Å². The number of thiazole rings is 1. The summed E-state index contributed by atoms with van der Waals surface area (Å²) in [5.74, 6) is -0.364. The number of ether oxygens (including phenoxy) is 1. The Hall–Kier alpha value is -2.77. The Balaban J connectivity index is 1.44. The molecule has 0 aliphatic rings. The number of hydrogen-bond donors (Lipinski definition) is 0. The summed E-state index contributed by atoms with van der Waals surface area (Å²) in [6.45, 7) is 1.96. The first kappa shape index (κ1) is 16.7. The topological polar surface area (TPSA) is 57.0 Å². The molecule has 5 nitrogen and oxygen atoms in total. The zero-order valence-electron chi connectivity index (χ0n) is 14.0. The molecule has 0 radical (unpaired) electrons. The normalized spacial score (nSPS) is 10.8. The van der Waals surface area contributed by atoms with Crippen LogP contribution in [-0.4, -0.2) is 20.7 Å². The number of nitrogens with zero attached hydrogens (tertiary/aromatic N) is 3. The van der Waals surface area contributed by atoms with Gasteiger partial charge in [0.2, 0.25) is 0 Å². The van der Waals surface area contributed by atoms with Gasteiger partial charge in [0.1, 0.15) is 22.2 Å². The minimum atomic E-state index is -0.364. The fourth-order valence-electron chi connectivity index (χ4n) is 2.46. The molecule has 0 unspecified atom stereocenters. The molecule has 7 heteroatoms. The summed E-state index contributed by atoms with van der Waals surface area (Å²) in [5, 5.41) is 7.28. The van der Waals surface area contributed by atoms with Crippen LogP contribution in [0, 0.1) is 6.92 Å². The Kier molecular flexibility index (Phi) is 4.64. The van der Waals surface area contributed by atoms with Gasteiger partial charge in [-0.25, -0.2) is 14.5 Å². The number of rotatable bonds is 5. The highest BCUT2D eigenvalue weighted by molar-refractivity contribution is 7.22. The number of aromatic nitrogens is 3. The van der Waals surface area contributed by atoms with Crippen molar-refractivity contribution in [3.63, 3.8) is 0 Å². The third-order valence-electron chi connectivity index (χ3n) is 3.73. The number of aryl methyl sites for hydroxylation is 1. The number of carbonyl (C=O) groups is 1. The van der Waals surface area contributed by atoms with E-state index in [4.69, 9.17) is 4.74 Å². The minimum Gasteiger partial charge on any atom is -0.455 e. The molecule has 26 heavy (non-hydrogen) atoms. The van der Waals surface area contributed by atoms with Crippen LogP contribution in [0.25, 0.3) is 15.6 Å². The molecule has 0 N–H and O–H groups in total. The van der Waals surface area contributed by atoms with Gasteiger partial charge in [-0.05, 0) is 36.6 Å². The summed E-state index contributed by atoms with van der Waals surface area (Å²) in [6.07, 6.45) is 1.85. The lowest BCUT2D eigenvalue weighted by atomic mass is 10.3. The summed E-state index contributed by atoms with van der Waals surface area (Å²) in [7, 11) is 0. The molecule has 3 aromatic heterocycles. The van der Waals surface area contributed by atoms with Gasteiger partial charge in [-0.3, -0.25) is 0 Å². The molecule has 0 fully saturated rings. The molecule has 1 aromatic carbocycles. The van der Waals surface area contributed by atoms with E-state index in [2.05, 4.69) is 10.1 Å². The summed E-state index contributed by atoms with van der Waals surface area (Å²) < 4.78 is 7.19. The van der Waals surface area contributed by atoms with Crippen molar-refractivity contribution in [2.24, 2.45) is 0 Å². The number of para-hydroxylation sites is 1. The summed E-state index contributed by atoms with van der Waals surface area (Å²) in [5.41, 5.74) is 2.35. The van der Waals surface area contributed by atoms with Crippen molar-refractivity contribution in [2.45, 2.75) is 13.5 Å². The van der Waals surface area contributed by atoms with Crippen molar-refractivity contribution < 1.29 is 9.53 Å². The highest BCUT2D eigenvalue weighted by Gasteiger charge is 2.18. The van der Waals surface area contributed by atoms with Crippen LogP contribution in [0.5, 0.6) is 0 Å². The van der Waals surface area contributed by atoms with E-state index in [9.17, 15) is 4.79 Å². The van der Waals surface area contributed by atoms with Gasteiger partial charge >= 0.3 is 5.97 Å². The second-order valence-corrected chi connectivity index (χ2v) is 7.52. The molecule has 0 bridgehead atoms. The highest BCUT2D eigenvalue weighted by atomic mass is 32.1. The van der Waals surface area contributed by atoms with Gasteiger partial charge < -0.3 is 4.74 Å². The average molecular weight is 381 g/mol. The molecule has 4 rings (SSSR count). The van der Waals surface area contributed by atoms with E-state index in [1.54, 1.807) is 16.0 Å². The van der Waals surface area contributed by atoms with E-state index in [0.29, 0.717) is 16.3 Å². The predicted octanol–water partition coefficient (Wildman–Crippen LogP) is 4.72. The van der Waals surface area contributed by atoms with Crippen LogP contribution in [0.15, 0.2) is 60.1 Å². The second kappa shape index (κ2) is 7.23. The molecule has 0 spiro atoms. The number of carbonyl (C=O) groups excluding carboxylic acids is 1. The van der Waals surface area contributed by atoms with Gasteiger partial charge in [-0.15, -0.1) is 22.7 Å². The Bertz CT molecular complexity index is 1020. The Morgan fingerprint density at radius 1 is 1.15 bits per heavy atom. The van der Waals surface area contributed by atoms with Crippen LogP contribution in [-0.2, 0) is 11.3 Å². The molecule has 0 saturated carbocycles. The largest absolute Gasteiger partial charge is 0.455 e. The second-order valence-electron chi connectivity index (χ2n) is 5.57. The molecule has 130 valence electrons. The maximum Gasteiger partial charge on any atom is 0.350 e. The monoisotopic (exact) mass is 381 g/mol. The van der Waals surface area contributed by atoms with Crippen LogP contribution < -0.4 is 0 Å². The molecular formula is C19H15N3O2S2. The van der Waals surface area contributed by atoms with E-state index < -0.39 is 0 Å². The standard InChI is InChI=1S/C19H15N3O2S2/c1-13-17(26-18(20-13)16-8-5-11-25-16)19(23)24-12-14-9-10-22(21-14)15-6-3-2-4-7-15/h2-11H,12H2,1H3. The quantitative estimate of drug-likeness (QED) is 0.469. The van der Waals surface area contributed by atoms with Crippen LogP contribution in [0.1, 0.15) is 21.1 Å². The molecule has 0 aliphatic carbocycles. The maximum atomic E-state index is 12.4. The summed E-state index contributed by atoms with van der Waals surface area (Å²) in [6, 6.07) is 15.6. The van der Waals surface area contributed by atoms with E-state index in [-0.39, 0.29) is 12.6 Å². The van der Waals surface area contributed by atoms with Crippen molar-refractivity contribution in [3.05, 3.63) is 76.4 Å². The first-order valence-electron chi connectivity index (χ1n) is 7.99. The minimum absolute atomic E-state index is 0.129. The molecule has 0 atom stereocenters. The first-order valence-corrected chi connectivity index (χ1v) is 9.69. The third-order valence-corrected chi connectivity index (χ3v) is 5.91. The van der Waals surface area contributed by atoms with Crippen molar-refractivity contribution >= 4 is 28.6 Å². The van der Waals surface area contributed by atoms with E-state index >= 15 is 0 Å². The number of thiophene rings is 1. The van der Waals surface area contributed by atoms with Gasteiger partial charge in [0.05, 0.1) is 16.3 Å². The summed E-state index contributed by atoms with van der Waals surface area (Å²) in [4.78, 5) is 18.5. The Morgan fingerprint density at radius 3 is 2.77 bits per heavy atom. The number of hydrogen-bond acceptors (Lipinski definition) is 6. The number of benzene rings is 1. The van der Waals surface area contributed by atoms with E-state index in [1.807, 2.05) is 67.0 Å². The van der Waals surface area contributed by atoms with Crippen molar-refractivity contribution in [1.29, 1.82) is 0 Å². The molecular weight excluding hydrogens is 366 g/mol. The maximum absolute atomic E-state index is 12.4. The molecule has 0 amide bonds. The number of esters is 1. The predicted molar refractivity (Wildman–Crippen MR) is 103 cm³/mol. The first-order chi connectivity index (χ1) is 12.7. The van der Waals surface area contributed by atoms with Crippen LogP contribution in [0.2, 0.25) is 0 Å². The van der Waals surface area contributed by atoms with Gasteiger partial charge in [0.15, 0.2) is 0 Å². The van der Waals surface area contributed by atoms with Gasteiger partial charge in [0.25, 0.3) is 0 Å². The van der Waals surface area contributed by atoms with Gasteiger partial charge in [-0.2, -0.15) is 5.10 Å². The van der Waals surface area contributed by atoms with Crippen LogP contribution in [0.4, 0.5) is 0 Å². The molecule has 0 aliphatic heterocycles. The third kappa shape index (κ3) is 3.44. The Morgan fingerprint density at radius 2 is 2.00 bits per heavy atom. The molecule has 4 aromatic rings. The molecule has 3 heterocycles. The van der Waals surface area contributed by atoms with Crippen molar-refractivity contribution in [3.8, 4) is 15.6 Å². The van der Waals surface area contributed by atoms with E-state index in [0.717, 1.165) is 15.6 Å². The fourth-order valence-corrected chi connectivity index (χ4v) is 4.22. The van der Waals surface area contributed by atoms with E-state index in [1.165, 1.54) is 11.3 Å². The lowest BCUT2D eigenvalue weighted by molar-refractivity contribution is 0.0472. The lowest BCUT2D eigenvalue weighted by Crippen LogP contribution is -2.05. The van der Waals surface area contributed by atoms with Gasteiger partial charge in [0, 0.05) is 6.20 Å². The zero-order valence-corrected chi connectivity index (χ0v) is 15.6. The summed E-state index contributed by atoms with van der Waals surface area (Å²) >= 11 is 2.97. The average Bonchev–Trinajstić information content (AvgIpc) is 3.41. The lowest BCUT2D eigenvalue weighted by Gasteiger charge is -2.02. The Labute approximate surface area is 158 Å². The fraction of sp³-hybridized carbons (Fsp3) is 0.105. The SMILES string of the molecule is Cc1nc(-c2cccs2)sc1C(=O)OCc1ccn(-c2ccccc2)n1. The zero-order chi connectivity index (χ0) is 17.9. The van der Waals surface area contributed by atoms with Gasteiger partial charge in [-0.1, -0.05) is 24.3 Å².